The summed E-state index contributed by atoms with van der Waals surface area (Å²) in [5.74, 6) is 0.816. The summed E-state index contributed by atoms with van der Waals surface area (Å²) < 4.78 is 8.99. The molecule has 2 aromatic carbocycles. The maximum Gasteiger partial charge on any atom is 0.269 e. The summed E-state index contributed by atoms with van der Waals surface area (Å²) in [5.41, 5.74) is 2.10. The average molecular weight is 447 g/mol. The van der Waals surface area contributed by atoms with Gasteiger partial charge in [-0.2, -0.15) is 0 Å². The lowest BCUT2D eigenvalue weighted by Crippen LogP contribution is -2.20. The Bertz CT molecular complexity index is 1370. The lowest BCUT2D eigenvalue weighted by Gasteiger charge is -2.08. The molecule has 0 aliphatic rings. The molecule has 0 saturated carbocycles. The van der Waals surface area contributed by atoms with Gasteiger partial charge in [-0.05, 0) is 36.4 Å². The van der Waals surface area contributed by atoms with Gasteiger partial charge >= 0.3 is 0 Å². The van der Waals surface area contributed by atoms with Gasteiger partial charge in [-0.15, -0.1) is 0 Å². The number of carbonyl (C=O) groups is 1. The third-order valence-corrected chi connectivity index (χ3v) is 5.15. The standard InChI is InChI=1S/C23H21N5O5/c1-26-20-10-5-16(24-22(29)15-33-18-8-6-17(7-9-18)28(31)32)14-19(20)25-21(26)11-13-27-12-3-2-4-23(27)30/h2-10,12,14H,11,13,15H2,1H3,(H,24,29). The first-order valence-electron chi connectivity index (χ1n) is 10.2. The van der Waals surface area contributed by atoms with E-state index in [-0.39, 0.29) is 23.8 Å². The summed E-state index contributed by atoms with van der Waals surface area (Å²) in [6.07, 6.45) is 2.33. The second-order valence-corrected chi connectivity index (χ2v) is 7.36. The minimum absolute atomic E-state index is 0.0503. The molecule has 0 saturated heterocycles. The largest absolute Gasteiger partial charge is 0.484 e. The molecule has 0 unspecified atom stereocenters. The Morgan fingerprint density at radius 2 is 1.94 bits per heavy atom. The van der Waals surface area contributed by atoms with E-state index in [4.69, 9.17) is 4.74 Å². The Hall–Kier alpha value is -4.47. The number of non-ortho nitro benzene ring substituents is 1. The molecule has 1 amide bonds. The molecule has 10 heteroatoms. The van der Waals surface area contributed by atoms with Crippen LogP contribution in [0.25, 0.3) is 11.0 Å². The Kier molecular flexibility index (Phi) is 6.16. The van der Waals surface area contributed by atoms with Gasteiger partial charge in [0.05, 0.1) is 16.0 Å². The zero-order valence-electron chi connectivity index (χ0n) is 17.8. The normalized spacial score (nSPS) is 10.8. The van der Waals surface area contributed by atoms with Crippen molar-refractivity contribution < 1.29 is 14.5 Å². The number of fused-ring (bicyclic) bond motifs is 1. The molecule has 4 rings (SSSR count). The van der Waals surface area contributed by atoms with Crippen LogP contribution < -0.4 is 15.6 Å². The minimum Gasteiger partial charge on any atom is -0.484 e. The molecule has 2 heterocycles. The Morgan fingerprint density at radius 1 is 1.15 bits per heavy atom. The number of nitro benzene ring substituents is 1. The number of rotatable bonds is 8. The van der Waals surface area contributed by atoms with Gasteiger partial charge in [0.1, 0.15) is 11.6 Å². The highest BCUT2D eigenvalue weighted by Crippen LogP contribution is 2.21. The zero-order valence-corrected chi connectivity index (χ0v) is 17.8. The highest BCUT2D eigenvalue weighted by Gasteiger charge is 2.11. The van der Waals surface area contributed by atoms with E-state index in [2.05, 4.69) is 10.3 Å². The van der Waals surface area contributed by atoms with E-state index in [0.717, 1.165) is 16.9 Å². The number of benzene rings is 2. The second kappa shape index (κ2) is 9.35. The van der Waals surface area contributed by atoms with E-state index in [1.807, 2.05) is 23.7 Å². The second-order valence-electron chi connectivity index (χ2n) is 7.36. The number of pyridine rings is 1. The fourth-order valence-electron chi connectivity index (χ4n) is 3.43. The number of amides is 1. The van der Waals surface area contributed by atoms with Crippen molar-refractivity contribution in [1.29, 1.82) is 0 Å². The minimum atomic E-state index is -0.503. The van der Waals surface area contributed by atoms with Gasteiger partial charge in [-0.3, -0.25) is 19.7 Å². The molecule has 2 aromatic heterocycles. The molecule has 0 spiro atoms. The van der Waals surface area contributed by atoms with E-state index in [0.29, 0.717) is 24.4 Å². The molecule has 0 aliphatic carbocycles. The van der Waals surface area contributed by atoms with Crippen molar-refractivity contribution in [3.05, 3.63) is 93.2 Å². The smallest absolute Gasteiger partial charge is 0.269 e. The number of aromatic nitrogens is 3. The predicted octanol–water partition coefficient (Wildman–Crippen LogP) is 2.90. The summed E-state index contributed by atoms with van der Waals surface area (Å²) in [4.78, 5) is 39.0. The average Bonchev–Trinajstić information content (AvgIpc) is 3.12. The van der Waals surface area contributed by atoms with Gasteiger partial charge in [-0.1, -0.05) is 6.07 Å². The van der Waals surface area contributed by atoms with Gasteiger partial charge in [-0.25, -0.2) is 4.98 Å². The number of ether oxygens (including phenoxy) is 1. The summed E-state index contributed by atoms with van der Waals surface area (Å²) in [7, 11) is 1.91. The quantitative estimate of drug-likeness (QED) is 0.327. The molecular formula is C23H21N5O5. The molecule has 0 bridgehead atoms. The number of nitro groups is 1. The molecular weight excluding hydrogens is 426 g/mol. The van der Waals surface area contributed by atoms with Crippen molar-refractivity contribution in [3.8, 4) is 5.75 Å². The van der Waals surface area contributed by atoms with Gasteiger partial charge < -0.3 is 19.2 Å². The van der Waals surface area contributed by atoms with Gasteiger partial charge in [0.2, 0.25) is 0 Å². The molecule has 0 radical (unpaired) electrons. The van der Waals surface area contributed by atoms with Crippen molar-refractivity contribution in [1.82, 2.24) is 14.1 Å². The number of hydrogen-bond acceptors (Lipinski definition) is 6. The van der Waals surface area contributed by atoms with Crippen LogP contribution in [0.15, 0.2) is 71.7 Å². The van der Waals surface area contributed by atoms with Crippen LogP contribution in [-0.4, -0.2) is 31.6 Å². The topological polar surface area (TPSA) is 121 Å². The lowest BCUT2D eigenvalue weighted by atomic mass is 10.2. The Morgan fingerprint density at radius 3 is 2.67 bits per heavy atom. The first-order chi connectivity index (χ1) is 15.9. The van der Waals surface area contributed by atoms with Crippen molar-refractivity contribution in [2.45, 2.75) is 13.0 Å². The molecule has 0 fully saturated rings. The fourth-order valence-corrected chi connectivity index (χ4v) is 3.43. The lowest BCUT2D eigenvalue weighted by molar-refractivity contribution is -0.384. The number of imidazole rings is 1. The van der Waals surface area contributed by atoms with Crippen LogP contribution in [-0.2, 0) is 24.8 Å². The molecule has 168 valence electrons. The van der Waals surface area contributed by atoms with Crippen LogP contribution in [0.4, 0.5) is 11.4 Å². The van der Waals surface area contributed by atoms with E-state index in [1.165, 1.54) is 30.3 Å². The molecule has 4 aromatic rings. The highest BCUT2D eigenvalue weighted by atomic mass is 16.6. The molecule has 33 heavy (non-hydrogen) atoms. The molecule has 0 atom stereocenters. The Balaban J connectivity index is 1.39. The summed E-state index contributed by atoms with van der Waals surface area (Å²) in [6, 6.07) is 16.0. The van der Waals surface area contributed by atoms with E-state index >= 15 is 0 Å². The molecule has 10 nitrogen and oxygen atoms in total. The first-order valence-corrected chi connectivity index (χ1v) is 10.2. The van der Waals surface area contributed by atoms with E-state index in [9.17, 15) is 19.7 Å². The van der Waals surface area contributed by atoms with Crippen molar-refractivity contribution in [2.75, 3.05) is 11.9 Å². The van der Waals surface area contributed by atoms with Crippen LogP contribution in [0.1, 0.15) is 5.82 Å². The Labute approximate surface area is 188 Å². The van der Waals surface area contributed by atoms with Crippen LogP contribution in [0.3, 0.4) is 0 Å². The van der Waals surface area contributed by atoms with Crippen molar-refractivity contribution in [3.63, 3.8) is 0 Å². The van der Waals surface area contributed by atoms with Crippen molar-refractivity contribution in [2.24, 2.45) is 7.05 Å². The summed E-state index contributed by atoms with van der Waals surface area (Å²) in [5, 5.41) is 13.5. The number of anilines is 1. The molecule has 1 N–H and O–H groups in total. The number of nitrogens with one attached hydrogen (secondary N) is 1. The van der Waals surface area contributed by atoms with Crippen LogP contribution in [0.5, 0.6) is 5.75 Å². The van der Waals surface area contributed by atoms with Gasteiger partial charge in [0.15, 0.2) is 6.61 Å². The number of aryl methyl sites for hydroxylation is 3. The molecule has 0 aliphatic heterocycles. The highest BCUT2D eigenvalue weighted by molar-refractivity contribution is 5.94. The maximum atomic E-state index is 12.3. The fraction of sp³-hybridized carbons (Fsp3) is 0.174. The third-order valence-electron chi connectivity index (χ3n) is 5.15. The maximum absolute atomic E-state index is 12.3. The van der Waals surface area contributed by atoms with Crippen molar-refractivity contribution >= 4 is 28.3 Å². The van der Waals surface area contributed by atoms with Gasteiger partial charge in [0.25, 0.3) is 17.2 Å². The number of nitrogens with zero attached hydrogens (tertiary/aromatic N) is 4. The predicted molar refractivity (Wildman–Crippen MR) is 122 cm³/mol. The summed E-state index contributed by atoms with van der Waals surface area (Å²) in [6.45, 7) is 0.273. The monoisotopic (exact) mass is 447 g/mol. The zero-order chi connectivity index (χ0) is 23.4. The van der Waals surface area contributed by atoms with Crippen LogP contribution >= 0.6 is 0 Å². The number of hydrogen-bond donors (Lipinski definition) is 1. The first kappa shape index (κ1) is 21.8. The van der Waals surface area contributed by atoms with Crippen LogP contribution in [0.2, 0.25) is 0 Å². The van der Waals surface area contributed by atoms with E-state index < -0.39 is 4.92 Å². The van der Waals surface area contributed by atoms with Gasteiger partial charge in [0, 0.05) is 50.1 Å². The van der Waals surface area contributed by atoms with Crippen LogP contribution in [0, 0.1) is 10.1 Å². The number of carbonyl (C=O) groups excluding carboxylic acids is 1. The van der Waals surface area contributed by atoms with E-state index in [1.54, 1.807) is 29.0 Å². The third kappa shape index (κ3) is 5.06. The SMILES string of the molecule is Cn1c(CCn2ccccc2=O)nc2cc(NC(=O)COc3ccc([N+](=O)[O-])cc3)ccc21. The summed E-state index contributed by atoms with van der Waals surface area (Å²) >= 11 is 0.